The molecule has 0 saturated heterocycles. The molecule has 1 aliphatic rings. The molecule has 0 unspecified atom stereocenters. The average molecular weight is 312 g/mol. The Morgan fingerprint density at radius 2 is 2.14 bits per heavy atom. The summed E-state index contributed by atoms with van der Waals surface area (Å²) in [5, 5.41) is 13.6. The Morgan fingerprint density at radius 1 is 1.27 bits per heavy atom. The molecule has 2 aromatic rings. The predicted molar refractivity (Wildman–Crippen MR) is 89.3 cm³/mol. The van der Waals surface area contributed by atoms with Crippen molar-refractivity contribution in [2.24, 2.45) is 0 Å². The Balaban J connectivity index is 1.49. The third-order valence-electron chi connectivity index (χ3n) is 3.97. The molecule has 0 bridgehead atoms. The number of fused-ring (bicyclic) bond motifs is 1. The van der Waals surface area contributed by atoms with Crippen molar-refractivity contribution in [2.75, 3.05) is 11.9 Å². The van der Waals surface area contributed by atoms with Gasteiger partial charge >= 0.3 is 0 Å². The largest absolute Gasteiger partial charge is 0.370 e. The van der Waals surface area contributed by atoms with Crippen LogP contribution in [0.3, 0.4) is 0 Å². The molecular weight excluding hydrogens is 292 g/mol. The van der Waals surface area contributed by atoms with Gasteiger partial charge in [-0.15, -0.1) is 11.3 Å². The molecule has 4 nitrogen and oxygen atoms in total. The third kappa shape index (κ3) is 3.45. The topological polar surface area (TPSA) is 61.6 Å². The van der Waals surface area contributed by atoms with Crippen LogP contribution in [0.4, 0.5) is 5.82 Å². The molecule has 3 rings (SSSR count). The van der Waals surface area contributed by atoms with E-state index in [1.165, 1.54) is 34.8 Å². The summed E-state index contributed by atoms with van der Waals surface area (Å²) in [4.78, 5) is 10.6. The van der Waals surface area contributed by atoms with E-state index in [2.05, 4.69) is 16.4 Å². The lowest BCUT2D eigenvalue weighted by molar-refractivity contribution is 0.679. The SMILES string of the molecule is Cc1ccc(NCCCc2nc3c(s2)CCCC3)nc1C#N. The highest BCUT2D eigenvalue weighted by atomic mass is 32.1. The highest BCUT2D eigenvalue weighted by Gasteiger charge is 2.14. The number of nitrogens with one attached hydrogen (secondary N) is 1. The van der Waals surface area contributed by atoms with Gasteiger partial charge in [-0.05, 0) is 50.7 Å². The lowest BCUT2D eigenvalue weighted by Crippen LogP contribution is -2.05. The molecule has 0 fully saturated rings. The molecule has 114 valence electrons. The maximum absolute atomic E-state index is 9.00. The standard InChI is InChI=1S/C17H20N4S/c1-12-8-9-16(20-14(12)11-18)19-10-4-7-17-21-13-5-2-3-6-15(13)22-17/h8-9H,2-7,10H2,1H3,(H,19,20). The van der Waals surface area contributed by atoms with Gasteiger partial charge in [-0.2, -0.15) is 5.26 Å². The van der Waals surface area contributed by atoms with Crippen molar-refractivity contribution >= 4 is 17.2 Å². The van der Waals surface area contributed by atoms with Crippen LogP contribution in [0.1, 0.15) is 46.1 Å². The van der Waals surface area contributed by atoms with E-state index in [-0.39, 0.29) is 0 Å². The summed E-state index contributed by atoms with van der Waals surface area (Å²) in [6.45, 7) is 2.75. The Labute approximate surface area is 135 Å². The minimum atomic E-state index is 0.498. The van der Waals surface area contributed by atoms with Crippen LogP contribution in [0.15, 0.2) is 12.1 Å². The van der Waals surface area contributed by atoms with Crippen molar-refractivity contribution in [3.63, 3.8) is 0 Å². The molecule has 0 spiro atoms. The van der Waals surface area contributed by atoms with E-state index < -0.39 is 0 Å². The van der Waals surface area contributed by atoms with E-state index in [0.717, 1.165) is 37.2 Å². The van der Waals surface area contributed by atoms with Gasteiger partial charge in [0.1, 0.15) is 17.6 Å². The predicted octanol–water partition coefficient (Wildman–Crippen LogP) is 3.64. The maximum atomic E-state index is 9.00. The molecule has 1 aliphatic carbocycles. The van der Waals surface area contributed by atoms with Gasteiger partial charge in [-0.3, -0.25) is 0 Å². The van der Waals surface area contributed by atoms with Crippen molar-refractivity contribution in [1.82, 2.24) is 9.97 Å². The van der Waals surface area contributed by atoms with Gasteiger partial charge in [0, 0.05) is 17.8 Å². The van der Waals surface area contributed by atoms with Gasteiger partial charge in [-0.1, -0.05) is 6.07 Å². The highest BCUT2D eigenvalue weighted by molar-refractivity contribution is 7.11. The molecule has 22 heavy (non-hydrogen) atoms. The summed E-state index contributed by atoms with van der Waals surface area (Å²) in [7, 11) is 0. The number of hydrogen-bond acceptors (Lipinski definition) is 5. The molecule has 0 aliphatic heterocycles. The second-order valence-corrected chi connectivity index (χ2v) is 6.86. The summed E-state index contributed by atoms with van der Waals surface area (Å²) in [5.74, 6) is 0.778. The minimum absolute atomic E-state index is 0.498. The number of nitrogens with zero attached hydrogens (tertiary/aromatic N) is 3. The molecule has 0 radical (unpaired) electrons. The number of thiazole rings is 1. The lowest BCUT2D eigenvalue weighted by atomic mass is 10.0. The van der Waals surface area contributed by atoms with Crippen LogP contribution in [0.5, 0.6) is 0 Å². The normalized spacial score (nSPS) is 13.5. The third-order valence-corrected chi connectivity index (χ3v) is 5.18. The fourth-order valence-corrected chi connectivity index (χ4v) is 3.91. The monoisotopic (exact) mass is 312 g/mol. The summed E-state index contributed by atoms with van der Waals surface area (Å²) in [6.07, 6.45) is 7.03. The van der Waals surface area contributed by atoms with Crippen LogP contribution in [0.2, 0.25) is 0 Å². The lowest BCUT2D eigenvalue weighted by Gasteiger charge is -2.06. The first-order valence-corrected chi connectivity index (χ1v) is 8.67. The molecular formula is C17H20N4S. The zero-order valence-corrected chi connectivity index (χ0v) is 13.7. The van der Waals surface area contributed by atoms with Crippen LogP contribution in [-0.2, 0) is 19.3 Å². The summed E-state index contributed by atoms with van der Waals surface area (Å²) in [5.41, 5.74) is 2.76. The average Bonchev–Trinajstić information content (AvgIpc) is 2.95. The quantitative estimate of drug-likeness (QED) is 0.856. The van der Waals surface area contributed by atoms with E-state index in [9.17, 15) is 0 Å². The zero-order valence-electron chi connectivity index (χ0n) is 12.9. The van der Waals surface area contributed by atoms with E-state index in [1.807, 2.05) is 30.4 Å². The Morgan fingerprint density at radius 3 is 2.95 bits per heavy atom. The number of aromatic nitrogens is 2. The Bertz CT molecular complexity index is 676. The number of aryl methyl sites for hydroxylation is 4. The number of anilines is 1. The Hall–Kier alpha value is -1.93. The first kappa shape index (κ1) is 15.0. The fourth-order valence-electron chi connectivity index (χ4n) is 2.71. The van der Waals surface area contributed by atoms with Crippen molar-refractivity contribution in [2.45, 2.75) is 45.4 Å². The molecule has 2 aromatic heterocycles. The van der Waals surface area contributed by atoms with Gasteiger partial charge in [0.25, 0.3) is 0 Å². The highest BCUT2D eigenvalue weighted by Crippen LogP contribution is 2.27. The molecule has 1 N–H and O–H groups in total. The van der Waals surface area contributed by atoms with Crippen molar-refractivity contribution < 1.29 is 0 Å². The van der Waals surface area contributed by atoms with Gasteiger partial charge in [0.2, 0.25) is 0 Å². The van der Waals surface area contributed by atoms with Gasteiger partial charge in [0.15, 0.2) is 0 Å². The van der Waals surface area contributed by atoms with E-state index in [1.54, 1.807) is 0 Å². The van der Waals surface area contributed by atoms with Crippen LogP contribution < -0.4 is 5.32 Å². The second kappa shape index (κ2) is 6.89. The van der Waals surface area contributed by atoms with Gasteiger partial charge < -0.3 is 5.32 Å². The van der Waals surface area contributed by atoms with E-state index >= 15 is 0 Å². The van der Waals surface area contributed by atoms with Crippen molar-refractivity contribution in [3.05, 3.63) is 39.0 Å². The first-order valence-electron chi connectivity index (χ1n) is 7.85. The molecule has 0 aromatic carbocycles. The number of hydrogen-bond donors (Lipinski definition) is 1. The van der Waals surface area contributed by atoms with Crippen LogP contribution >= 0.6 is 11.3 Å². The van der Waals surface area contributed by atoms with Crippen LogP contribution in [0.25, 0.3) is 0 Å². The summed E-state index contributed by atoms with van der Waals surface area (Å²) >= 11 is 1.89. The minimum Gasteiger partial charge on any atom is -0.370 e. The number of nitriles is 1. The summed E-state index contributed by atoms with van der Waals surface area (Å²) in [6, 6.07) is 5.98. The smallest absolute Gasteiger partial charge is 0.145 e. The van der Waals surface area contributed by atoms with Gasteiger partial charge in [0.05, 0.1) is 10.7 Å². The van der Waals surface area contributed by atoms with Crippen LogP contribution in [-0.4, -0.2) is 16.5 Å². The molecule has 0 saturated carbocycles. The molecule has 0 amide bonds. The number of pyridine rings is 1. The fraction of sp³-hybridized carbons (Fsp3) is 0.471. The molecule has 2 heterocycles. The first-order chi connectivity index (χ1) is 10.8. The molecule has 5 heteroatoms. The second-order valence-electron chi connectivity index (χ2n) is 5.69. The van der Waals surface area contributed by atoms with Crippen LogP contribution in [0, 0.1) is 18.3 Å². The maximum Gasteiger partial charge on any atom is 0.145 e. The zero-order chi connectivity index (χ0) is 15.4. The number of rotatable bonds is 5. The summed E-state index contributed by atoms with van der Waals surface area (Å²) < 4.78 is 0. The van der Waals surface area contributed by atoms with E-state index in [0.29, 0.717) is 5.69 Å². The van der Waals surface area contributed by atoms with Gasteiger partial charge in [-0.25, -0.2) is 9.97 Å². The van der Waals surface area contributed by atoms with Crippen molar-refractivity contribution in [1.29, 1.82) is 5.26 Å². The van der Waals surface area contributed by atoms with E-state index in [4.69, 9.17) is 10.2 Å². The Kier molecular flexibility index (Phi) is 4.69. The van der Waals surface area contributed by atoms with Crippen molar-refractivity contribution in [3.8, 4) is 6.07 Å². The molecule has 0 atom stereocenters.